The van der Waals surface area contributed by atoms with Gasteiger partial charge in [-0.25, -0.2) is 4.79 Å². The molecule has 0 aliphatic carbocycles. The molecule has 0 radical (unpaired) electrons. The number of benzene rings is 1. The molecule has 0 atom stereocenters. The number of methoxy groups -OCH3 is 2. The summed E-state index contributed by atoms with van der Waals surface area (Å²) in [7, 11) is 1.32. The Bertz CT molecular complexity index is 586. The van der Waals surface area contributed by atoms with E-state index in [1.165, 1.54) is 20.3 Å². The molecule has 0 heterocycles. The van der Waals surface area contributed by atoms with E-state index in [-0.39, 0.29) is 0 Å². The van der Waals surface area contributed by atoms with Crippen molar-refractivity contribution in [3.8, 4) is 11.5 Å². The molecular weight excluding hydrogens is 299 g/mol. The summed E-state index contributed by atoms with van der Waals surface area (Å²) in [6, 6.07) is 4.76. The van der Waals surface area contributed by atoms with Gasteiger partial charge in [-0.15, -0.1) is 0 Å². The van der Waals surface area contributed by atoms with Gasteiger partial charge in [-0.3, -0.25) is 4.57 Å². The van der Waals surface area contributed by atoms with E-state index >= 15 is 0 Å². The second-order valence-corrected chi connectivity index (χ2v) is 6.02. The van der Waals surface area contributed by atoms with Gasteiger partial charge in [-0.05, 0) is 23.8 Å². The van der Waals surface area contributed by atoms with E-state index < -0.39 is 18.9 Å². The van der Waals surface area contributed by atoms with Gasteiger partial charge in [-0.2, -0.15) is 0 Å². The van der Waals surface area contributed by atoms with Crippen LogP contribution < -0.4 is 9.47 Å². The molecule has 1 aromatic rings. The van der Waals surface area contributed by atoms with E-state index in [0.29, 0.717) is 17.1 Å². The number of carbonyl (C=O) groups is 1. The molecule has 1 rings (SSSR count). The zero-order chi connectivity index (χ0) is 16.0. The fourth-order valence-electron chi connectivity index (χ4n) is 1.63. The van der Waals surface area contributed by atoms with Crippen molar-refractivity contribution in [3.05, 3.63) is 29.1 Å². The molecule has 0 spiro atoms. The Kier molecular flexibility index (Phi) is 5.96. The van der Waals surface area contributed by atoms with Crippen molar-refractivity contribution in [2.45, 2.75) is 0 Å². The van der Waals surface area contributed by atoms with Crippen LogP contribution in [0, 0.1) is 0 Å². The first kappa shape index (κ1) is 17.2. The van der Waals surface area contributed by atoms with Crippen LogP contribution in [-0.2, 0) is 18.4 Å². The molecule has 0 aromatic heterocycles. The third-order valence-corrected chi connectivity index (χ3v) is 4.58. The maximum absolute atomic E-state index is 12.2. The summed E-state index contributed by atoms with van der Waals surface area (Å²) in [6.45, 7) is 0. The van der Waals surface area contributed by atoms with Gasteiger partial charge in [0.05, 0.1) is 14.2 Å². The Balaban J connectivity index is 3.36. The molecule has 0 amide bonds. The largest absolute Gasteiger partial charge is 0.493 e. The fraction of sp³-hybridized carbons (Fsp3) is 0.308. The van der Waals surface area contributed by atoms with Crippen LogP contribution in [0.5, 0.6) is 11.5 Å². The van der Waals surface area contributed by atoms with Gasteiger partial charge >= 0.3 is 13.6 Å². The standard InChI is InChI=1S/C13H17O7P/c1-17-10-6-5-9(7-11(10)18-2)8-12(13(14)15)21(16,19-3)20-4/h5-8H,1-4H3,(H,14,15)/b12-8-. The molecule has 0 aliphatic heterocycles. The SMILES string of the molecule is COc1ccc(/C=C(/C(=O)O)P(=O)(OC)OC)cc1OC. The molecule has 0 bridgehead atoms. The van der Waals surface area contributed by atoms with Crippen LogP contribution in [0.25, 0.3) is 6.08 Å². The molecule has 0 saturated heterocycles. The van der Waals surface area contributed by atoms with Gasteiger partial charge in [0.1, 0.15) is 5.31 Å². The van der Waals surface area contributed by atoms with Gasteiger partial charge < -0.3 is 23.6 Å². The summed E-state index contributed by atoms with van der Waals surface area (Å²) in [5, 5.41) is 8.73. The van der Waals surface area contributed by atoms with Crippen LogP contribution in [0.2, 0.25) is 0 Å². The maximum Gasteiger partial charge on any atom is 0.368 e. The summed E-state index contributed by atoms with van der Waals surface area (Å²) >= 11 is 0. The van der Waals surface area contributed by atoms with Gasteiger partial charge in [0.25, 0.3) is 0 Å². The molecule has 0 fully saturated rings. The smallest absolute Gasteiger partial charge is 0.368 e. The quantitative estimate of drug-likeness (QED) is 0.610. The summed E-state index contributed by atoms with van der Waals surface area (Å²) in [5.74, 6) is -0.481. The van der Waals surface area contributed by atoms with E-state index in [1.54, 1.807) is 18.2 Å². The predicted molar refractivity (Wildman–Crippen MR) is 76.8 cm³/mol. The summed E-state index contributed by atoms with van der Waals surface area (Å²) in [4.78, 5) is 11.3. The third kappa shape index (κ3) is 3.85. The van der Waals surface area contributed by atoms with Crippen molar-refractivity contribution in [3.63, 3.8) is 0 Å². The molecule has 21 heavy (non-hydrogen) atoms. The second kappa shape index (κ2) is 7.26. The van der Waals surface area contributed by atoms with Crippen LogP contribution in [0.15, 0.2) is 23.5 Å². The number of aliphatic carboxylic acids is 1. The van der Waals surface area contributed by atoms with Crippen molar-refractivity contribution in [2.24, 2.45) is 0 Å². The minimum Gasteiger partial charge on any atom is -0.493 e. The normalized spacial score (nSPS) is 12.1. The molecule has 1 aromatic carbocycles. The molecular formula is C13H17O7P. The van der Waals surface area contributed by atoms with Crippen molar-refractivity contribution in [2.75, 3.05) is 28.4 Å². The Hall–Kier alpha value is -1.82. The van der Waals surface area contributed by atoms with Crippen molar-refractivity contribution < 1.29 is 33.0 Å². The minimum absolute atomic E-state index is 0.417. The van der Waals surface area contributed by atoms with Crippen LogP contribution in [0.3, 0.4) is 0 Å². The van der Waals surface area contributed by atoms with Gasteiger partial charge in [-0.1, -0.05) is 6.07 Å². The van der Waals surface area contributed by atoms with Gasteiger partial charge in [0.2, 0.25) is 0 Å². The van der Waals surface area contributed by atoms with E-state index in [0.717, 1.165) is 14.2 Å². The number of ether oxygens (including phenoxy) is 2. The highest BCUT2D eigenvalue weighted by molar-refractivity contribution is 7.60. The molecule has 0 aliphatic rings. The topological polar surface area (TPSA) is 91.3 Å². The number of rotatable bonds is 7. The summed E-state index contributed by atoms with van der Waals surface area (Å²) < 4.78 is 31.9. The van der Waals surface area contributed by atoms with Crippen LogP contribution in [-0.4, -0.2) is 39.5 Å². The van der Waals surface area contributed by atoms with Crippen LogP contribution in [0.1, 0.15) is 5.56 Å². The molecule has 116 valence electrons. The first-order valence-electron chi connectivity index (χ1n) is 5.81. The lowest BCUT2D eigenvalue weighted by Crippen LogP contribution is -2.04. The second-order valence-electron chi connectivity index (χ2n) is 3.81. The summed E-state index contributed by atoms with van der Waals surface area (Å²) in [6.07, 6.45) is 1.21. The molecule has 0 saturated carbocycles. The van der Waals surface area contributed by atoms with Crippen LogP contribution >= 0.6 is 7.60 Å². The monoisotopic (exact) mass is 316 g/mol. The highest BCUT2D eigenvalue weighted by Gasteiger charge is 2.33. The zero-order valence-corrected chi connectivity index (χ0v) is 13.0. The average Bonchev–Trinajstić information content (AvgIpc) is 2.51. The van der Waals surface area contributed by atoms with E-state index in [9.17, 15) is 14.5 Å². The Morgan fingerprint density at radius 3 is 2.10 bits per heavy atom. The Morgan fingerprint density at radius 2 is 1.67 bits per heavy atom. The molecule has 1 N–H and O–H groups in total. The number of hydrogen-bond acceptors (Lipinski definition) is 6. The first-order valence-corrected chi connectivity index (χ1v) is 7.35. The Morgan fingerprint density at radius 1 is 1.10 bits per heavy atom. The van der Waals surface area contributed by atoms with Crippen LogP contribution in [0.4, 0.5) is 0 Å². The zero-order valence-electron chi connectivity index (χ0n) is 12.2. The first-order chi connectivity index (χ1) is 9.91. The fourth-order valence-corrected chi connectivity index (χ4v) is 2.71. The van der Waals surface area contributed by atoms with E-state index in [4.69, 9.17) is 18.5 Å². The predicted octanol–water partition coefficient (Wildman–Crippen LogP) is 2.62. The Labute approximate surface area is 122 Å². The number of carboxylic acids is 1. The van der Waals surface area contributed by atoms with E-state index in [1.807, 2.05) is 0 Å². The lowest BCUT2D eigenvalue weighted by molar-refractivity contribution is -0.131. The highest BCUT2D eigenvalue weighted by Crippen LogP contribution is 2.55. The third-order valence-electron chi connectivity index (χ3n) is 2.71. The van der Waals surface area contributed by atoms with Crippen molar-refractivity contribution in [1.82, 2.24) is 0 Å². The average molecular weight is 316 g/mol. The number of carboxylic acid groups (broad SMARTS) is 1. The maximum atomic E-state index is 12.2. The molecule has 8 heteroatoms. The molecule has 0 unspecified atom stereocenters. The van der Waals surface area contributed by atoms with Gasteiger partial charge in [0.15, 0.2) is 11.5 Å². The lowest BCUT2D eigenvalue weighted by atomic mass is 10.2. The highest BCUT2D eigenvalue weighted by atomic mass is 31.2. The number of hydrogen-bond donors (Lipinski definition) is 1. The lowest BCUT2D eigenvalue weighted by Gasteiger charge is -2.14. The summed E-state index contributed by atoms with van der Waals surface area (Å²) in [5.41, 5.74) is 0.458. The van der Waals surface area contributed by atoms with Crippen molar-refractivity contribution >= 4 is 19.6 Å². The van der Waals surface area contributed by atoms with Gasteiger partial charge in [0, 0.05) is 14.2 Å². The minimum atomic E-state index is -3.87. The van der Waals surface area contributed by atoms with Crippen molar-refractivity contribution in [1.29, 1.82) is 0 Å². The van der Waals surface area contributed by atoms with E-state index in [2.05, 4.69) is 0 Å². The molecule has 7 nitrogen and oxygen atoms in total.